The smallest absolute Gasteiger partial charge is 0.322 e. The number of rotatable bonds is 7. The lowest BCUT2D eigenvalue weighted by molar-refractivity contribution is -0.185. The van der Waals surface area contributed by atoms with Gasteiger partial charge in [0, 0.05) is 5.92 Å². The molecular formula is C14H26N2O5. The molecule has 1 aliphatic heterocycles. The van der Waals surface area contributed by atoms with Crippen molar-refractivity contribution >= 4 is 11.9 Å². The number of carbonyl (C=O) groups excluding carboxylic acids is 2. The third-order valence-corrected chi connectivity index (χ3v) is 2.99. The zero-order valence-electron chi connectivity index (χ0n) is 13.5. The minimum absolute atomic E-state index is 0.0914. The van der Waals surface area contributed by atoms with Crippen LogP contribution in [0.5, 0.6) is 0 Å². The molecule has 0 aromatic rings. The highest BCUT2D eigenvalue weighted by Gasteiger charge is 2.35. The molecule has 122 valence electrons. The van der Waals surface area contributed by atoms with E-state index in [9.17, 15) is 9.59 Å². The van der Waals surface area contributed by atoms with Gasteiger partial charge in [0.2, 0.25) is 6.29 Å². The Bertz CT molecular complexity index is 359. The van der Waals surface area contributed by atoms with Crippen molar-refractivity contribution in [1.82, 2.24) is 9.80 Å². The van der Waals surface area contributed by atoms with Crippen LogP contribution in [0.3, 0.4) is 0 Å². The Morgan fingerprint density at radius 3 is 2.24 bits per heavy atom. The SMILES string of the molecule is CC1CC(COC(=O)CN(C)C)OC1OC(=O)CN(C)C. The maximum Gasteiger partial charge on any atom is 0.322 e. The molecule has 0 spiro atoms. The zero-order chi connectivity index (χ0) is 16.0. The lowest BCUT2D eigenvalue weighted by Gasteiger charge is -2.18. The van der Waals surface area contributed by atoms with E-state index in [1.54, 1.807) is 38.0 Å². The zero-order valence-corrected chi connectivity index (χ0v) is 13.5. The minimum atomic E-state index is -0.560. The monoisotopic (exact) mass is 302 g/mol. The summed E-state index contributed by atoms with van der Waals surface area (Å²) in [6.45, 7) is 2.60. The Labute approximate surface area is 126 Å². The molecule has 1 rings (SSSR count). The topological polar surface area (TPSA) is 68.3 Å². The van der Waals surface area contributed by atoms with E-state index in [1.165, 1.54) is 0 Å². The third kappa shape index (κ3) is 6.88. The van der Waals surface area contributed by atoms with E-state index < -0.39 is 6.29 Å². The Kier molecular flexibility index (Phi) is 7.07. The number of hydrogen-bond acceptors (Lipinski definition) is 7. The van der Waals surface area contributed by atoms with Crippen molar-refractivity contribution in [2.45, 2.75) is 25.7 Å². The first kappa shape index (κ1) is 17.9. The van der Waals surface area contributed by atoms with Crippen LogP contribution in [-0.4, -0.2) is 82.0 Å². The Balaban J connectivity index is 2.32. The molecule has 0 amide bonds. The predicted molar refractivity (Wildman–Crippen MR) is 76.6 cm³/mol. The van der Waals surface area contributed by atoms with E-state index >= 15 is 0 Å². The normalized spacial score (nSPS) is 25.4. The molecule has 1 aliphatic rings. The molecule has 0 saturated carbocycles. The van der Waals surface area contributed by atoms with Crippen LogP contribution in [0.15, 0.2) is 0 Å². The van der Waals surface area contributed by atoms with Crippen LogP contribution in [0.1, 0.15) is 13.3 Å². The van der Waals surface area contributed by atoms with Crippen molar-refractivity contribution in [1.29, 1.82) is 0 Å². The van der Waals surface area contributed by atoms with E-state index in [0.29, 0.717) is 6.42 Å². The number of carbonyl (C=O) groups is 2. The van der Waals surface area contributed by atoms with Crippen LogP contribution in [0.4, 0.5) is 0 Å². The van der Waals surface area contributed by atoms with Gasteiger partial charge in [0.05, 0.1) is 19.2 Å². The van der Waals surface area contributed by atoms with Gasteiger partial charge >= 0.3 is 11.9 Å². The molecule has 0 aliphatic carbocycles. The number of likely N-dealkylation sites (N-methyl/N-ethyl adjacent to an activating group) is 2. The average molecular weight is 302 g/mol. The van der Waals surface area contributed by atoms with Crippen LogP contribution in [-0.2, 0) is 23.8 Å². The Hall–Kier alpha value is -1.18. The van der Waals surface area contributed by atoms with Gasteiger partial charge in [0.1, 0.15) is 6.61 Å². The fourth-order valence-electron chi connectivity index (χ4n) is 2.07. The van der Waals surface area contributed by atoms with E-state index in [0.717, 1.165) is 0 Å². The molecule has 1 saturated heterocycles. The van der Waals surface area contributed by atoms with Gasteiger partial charge in [-0.05, 0) is 34.6 Å². The van der Waals surface area contributed by atoms with Gasteiger partial charge in [-0.25, -0.2) is 0 Å². The number of hydrogen-bond donors (Lipinski definition) is 0. The molecule has 21 heavy (non-hydrogen) atoms. The van der Waals surface area contributed by atoms with Gasteiger partial charge in [-0.2, -0.15) is 0 Å². The number of ether oxygens (including phenoxy) is 3. The summed E-state index contributed by atoms with van der Waals surface area (Å²) in [6.07, 6.45) is -0.0759. The van der Waals surface area contributed by atoms with Crippen molar-refractivity contribution in [3.05, 3.63) is 0 Å². The van der Waals surface area contributed by atoms with Crippen molar-refractivity contribution in [2.75, 3.05) is 47.9 Å². The second-order valence-electron chi connectivity index (χ2n) is 5.99. The van der Waals surface area contributed by atoms with E-state index in [-0.39, 0.29) is 43.7 Å². The first-order valence-corrected chi connectivity index (χ1v) is 7.08. The van der Waals surface area contributed by atoms with Gasteiger partial charge in [0.25, 0.3) is 0 Å². The summed E-state index contributed by atoms with van der Waals surface area (Å²) in [7, 11) is 7.20. The van der Waals surface area contributed by atoms with Crippen LogP contribution in [0.2, 0.25) is 0 Å². The molecule has 0 bridgehead atoms. The fraction of sp³-hybridized carbons (Fsp3) is 0.857. The van der Waals surface area contributed by atoms with Gasteiger partial charge in [-0.1, -0.05) is 6.92 Å². The standard InChI is InChI=1S/C14H26N2O5/c1-10-6-11(9-19-12(17)7-15(2)3)20-14(10)21-13(18)8-16(4)5/h10-11,14H,6-9H2,1-5H3. The van der Waals surface area contributed by atoms with Gasteiger partial charge in [0.15, 0.2) is 0 Å². The van der Waals surface area contributed by atoms with Gasteiger partial charge < -0.3 is 14.2 Å². The fourth-order valence-corrected chi connectivity index (χ4v) is 2.07. The predicted octanol–water partition coefficient (Wildman–Crippen LogP) is -0.0529. The number of nitrogens with zero attached hydrogens (tertiary/aromatic N) is 2. The second-order valence-corrected chi connectivity index (χ2v) is 5.99. The minimum Gasteiger partial charge on any atom is -0.462 e. The Morgan fingerprint density at radius 1 is 1.10 bits per heavy atom. The Morgan fingerprint density at radius 2 is 1.67 bits per heavy atom. The summed E-state index contributed by atoms with van der Waals surface area (Å²) in [5.41, 5.74) is 0. The maximum atomic E-state index is 11.6. The summed E-state index contributed by atoms with van der Waals surface area (Å²) < 4.78 is 16.1. The van der Waals surface area contributed by atoms with Gasteiger partial charge in [-0.3, -0.25) is 19.4 Å². The molecule has 0 aromatic carbocycles. The van der Waals surface area contributed by atoms with Crippen molar-refractivity contribution < 1.29 is 23.8 Å². The quantitative estimate of drug-likeness (QED) is 0.611. The average Bonchev–Trinajstić information content (AvgIpc) is 2.65. The maximum absolute atomic E-state index is 11.6. The largest absolute Gasteiger partial charge is 0.462 e. The molecule has 1 fully saturated rings. The summed E-state index contributed by atoms with van der Waals surface area (Å²) in [5.74, 6) is -0.514. The molecule has 3 unspecified atom stereocenters. The molecule has 3 atom stereocenters. The lowest BCUT2D eigenvalue weighted by atomic mass is 10.1. The molecule has 0 N–H and O–H groups in total. The summed E-state index contributed by atoms with van der Waals surface area (Å²) >= 11 is 0. The lowest BCUT2D eigenvalue weighted by Crippen LogP contribution is -2.30. The van der Waals surface area contributed by atoms with Crippen LogP contribution in [0.25, 0.3) is 0 Å². The van der Waals surface area contributed by atoms with Crippen LogP contribution in [0, 0.1) is 5.92 Å². The highest BCUT2D eigenvalue weighted by Crippen LogP contribution is 2.27. The third-order valence-electron chi connectivity index (χ3n) is 2.99. The first-order chi connectivity index (χ1) is 9.77. The summed E-state index contributed by atoms with van der Waals surface area (Å²) in [4.78, 5) is 26.6. The molecular weight excluding hydrogens is 276 g/mol. The highest BCUT2D eigenvalue weighted by atomic mass is 16.7. The van der Waals surface area contributed by atoms with Gasteiger partial charge in [-0.15, -0.1) is 0 Å². The first-order valence-electron chi connectivity index (χ1n) is 7.08. The number of esters is 2. The van der Waals surface area contributed by atoms with Crippen molar-refractivity contribution in [3.8, 4) is 0 Å². The van der Waals surface area contributed by atoms with E-state index in [2.05, 4.69) is 0 Å². The van der Waals surface area contributed by atoms with E-state index in [4.69, 9.17) is 14.2 Å². The summed E-state index contributed by atoms with van der Waals surface area (Å²) in [6, 6.07) is 0. The molecule has 7 nitrogen and oxygen atoms in total. The summed E-state index contributed by atoms with van der Waals surface area (Å²) in [5, 5.41) is 0. The second kappa shape index (κ2) is 8.31. The van der Waals surface area contributed by atoms with Crippen molar-refractivity contribution in [3.63, 3.8) is 0 Å². The van der Waals surface area contributed by atoms with Crippen LogP contribution < -0.4 is 0 Å². The van der Waals surface area contributed by atoms with E-state index in [1.807, 2.05) is 6.92 Å². The molecule has 0 aromatic heterocycles. The molecule has 0 radical (unpaired) electrons. The highest BCUT2D eigenvalue weighted by molar-refractivity contribution is 5.72. The van der Waals surface area contributed by atoms with Crippen LogP contribution >= 0.6 is 0 Å². The molecule has 7 heteroatoms. The van der Waals surface area contributed by atoms with Crippen molar-refractivity contribution in [2.24, 2.45) is 5.92 Å². The molecule has 1 heterocycles.